The second-order valence-corrected chi connectivity index (χ2v) is 8.21. The average Bonchev–Trinajstić information content (AvgIpc) is 3.26. The molecular weight excluding hydrogens is 376 g/mol. The van der Waals surface area contributed by atoms with Crippen LogP contribution in [0.15, 0.2) is 41.1 Å². The molecule has 1 aromatic heterocycles. The Morgan fingerprint density at radius 3 is 2.86 bits per heavy atom. The number of aliphatic hydroxyl groups excluding tert-OH is 2. The molecule has 5 atom stereocenters. The number of carbonyl (C=O) groups is 1. The van der Waals surface area contributed by atoms with Gasteiger partial charge in [-0.3, -0.25) is 4.79 Å². The van der Waals surface area contributed by atoms with Crippen LogP contribution in [0.2, 0.25) is 0 Å². The Hall–Kier alpha value is -1.47. The molecule has 0 amide bonds. The Balaban J connectivity index is 1.85. The van der Waals surface area contributed by atoms with Crippen molar-refractivity contribution >= 4 is 17.3 Å². The van der Waals surface area contributed by atoms with Gasteiger partial charge in [-0.05, 0) is 60.4 Å². The first-order valence-corrected chi connectivity index (χ1v) is 10.9. The molecule has 1 aliphatic rings. The maximum absolute atomic E-state index is 10.5. The summed E-state index contributed by atoms with van der Waals surface area (Å²) in [5.41, 5.74) is 1.31. The number of unbranched alkanes of at least 4 members (excludes halogenated alkanes) is 1. The first kappa shape index (κ1) is 22.8. The van der Waals surface area contributed by atoms with Crippen LogP contribution >= 0.6 is 11.3 Å². The molecule has 2 rings (SSSR count). The average molecular weight is 409 g/mol. The minimum atomic E-state index is -0.778. The van der Waals surface area contributed by atoms with E-state index in [0.717, 1.165) is 12.8 Å². The highest BCUT2D eigenvalue weighted by Crippen LogP contribution is 2.36. The third kappa shape index (κ3) is 7.51. The normalized spacial score (nSPS) is 26.4. The predicted octanol–water partition coefficient (Wildman–Crippen LogP) is 3.81. The van der Waals surface area contributed by atoms with Gasteiger partial charge in [0.2, 0.25) is 0 Å². The van der Waals surface area contributed by atoms with Crippen LogP contribution in [0.1, 0.15) is 44.1 Å². The molecule has 0 bridgehead atoms. The third-order valence-corrected chi connectivity index (χ3v) is 6.13. The van der Waals surface area contributed by atoms with Gasteiger partial charge >= 0.3 is 5.97 Å². The van der Waals surface area contributed by atoms with Crippen molar-refractivity contribution in [2.75, 3.05) is 7.11 Å². The summed E-state index contributed by atoms with van der Waals surface area (Å²) in [5.74, 6) is -0.909. The number of hydrogen-bond acceptors (Lipinski definition) is 5. The molecule has 3 unspecified atom stereocenters. The first-order chi connectivity index (χ1) is 13.5. The number of aliphatic hydroxyl groups is 2. The largest absolute Gasteiger partial charge is 0.481 e. The predicted molar refractivity (Wildman–Crippen MR) is 111 cm³/mol. The lowest BCUT2D eigenvalue weighted by atomic mass is 9.89. The van der Waals surface area contributed by atoms with Crippen LogP contribution in [0.25, 0.3) is 0 Å². The van der Waals surface area contributed by atoms with Crippen LogP contribution in [0.3, 0.4) is 0 Å². The standard InChI is InChI=1S/C22H32O5S/c1-27-17(9-8-16-12-13-28-15-16)10-11-19-18(20(23)14-21(19)24)6-4-2-3-5-7-22(25)26/h2,4,10-13,15,17-21,23-24H,3,5-9,14H2,1H3,(H,25,26)/t17?,18-,19-,20?,21?/m1/s1. The lowest BCUT2D eigenvalue weighted by Gasteiger charge is -2.20. The van der Waals surface area contributed by atoms with Crippen LogP contribution < -0.4 is 0 Å². The van der Waals surface area contributed by atoms with Crippen molar-refractivity contribution in [2.45, 2.75) is 63.3 Å². The molecule has 6 heteroatoms. The van der Waals surface area contributed by atoms with Gasteiger partial charge in [-0.15, -0.1) is 0 Å². The van der Waals surface area contributed by atoms with E-state index in [1.54, 1.807) is 18.4 Å². The van der Waals surface area contributed by atoms with Crippen molar-refractivity contribution in [2.24, 2.45) is 11.8 Å². The van der Waals surface area contributed by atoms with E-state index in [2.05, 4.69) is 16.8 Å². The van der Waals surface area contributed by atoms with E-state index in [9.17, 15) is 15.0 Å². The van der Waals surface area contributed by atoms with Crippen LogP contribution in [0.4, 0.5) is 0 Å². The van der Waals surface area contributed by atoms with Gasteiger partial charge in [-0.25, -0.2) is 0 Å². The lowest BCUT2D eigenvalue weighted by molar-refractivity contribution is -0.137. The first-order valence-electron chi connectivity index (χ1n) is 9.96. The lowest BCUT2D eigenvalue weighted by Crippen LogP contribution is -2.20. The van der Waals surface area contributed by atoms with Crippen molar-refractivity contribution < 1.29 is 24.9 Å². The number of aryl methyl sites for hydroxylation is 1. The number of rotatable bonds is 12. The molecular formula is C22H32O5S. The van der Waals surface area contributed by atoms with Crippen LogP contribution in [-0.4, -0.2) is 46.7 Å². The molecule has 3 N–H and O–H groups in total. The Morgan fingerprint density at radius 1 is 1.36 bits per heavy atom. The molecule has 1 heterocycles. The number of thiophene rings is 1. The van der Waals surface area contributed by atoms with Crippen molar-refractivity contribution in [3.63, 3.8) is 0 Å². The highest BCUT2D eigenvalue weighted by molar-refractivity contribution is 7.07. The zero-order chi connectivity index (χ0) is 20.4. The summed E-state index contributed by atoms with van der Waals surface area (Å²) in [5, 5.41) is 33.6. The SMILES string of the molecule is COC(C=C[C@H]1C(O)CC(O)[C@@H]1CC=CCCCC(=O)O)CCc1ccsc1. The smallest absolute Gasteiger partial charge is 0.303 e. The number of ether oxygens (including phenoxy) is 1. The molecule has 0 spiro atoms. The summed E-state index contributed by atoms with van der Waals surface area (Å²) >= 11 is 1.69. The van der Waals surface area contributed by atoms with Gasteiger partial charge in [-0.2, -0.15) is 11.3 Å². The zero-order valence-corrected chi connectivity index (χ0v) is 17.3. The summed E-state index contributed by atoms with van der Waals surface area (Å²) in [6, 6.07) is 2.12. The van der Waals surface area contributed by atoms with E-state index in [-0.39, 0.29) is 24.4 Å². The minimum absolute atomic E-state index is 0.0166. The minimum Gasteiger partial charge on any atom is -0.481 e. The molecule has 1 fully saturated rings. The topological polar surface area (TPSA) is 87.0 Å². The van der Waals surface area contributed by atoms with Crippen molar-refractivity contribution in [3.8, 4) is 0 Å². The Kier molecular flexibility index (Phi) is 9.92. The Labute approximate surface area is 171 Å². The number of allylic oxidation sites excluding steroid dienone is 2. The summed E-state index contributed by atoms with van der Waals surface area (Å²) in [6.45, 7) is 0. The van der Waals surface area contributed by atoms with Crippen LogP contribution in [0, 0.1) is 11.8 Å². The molecule has 1 aliphatic carbocycles. The molecule has 5 nitrogen and oxygen atoms in total. The maximum Gasteiger partial charge on any atom is 0.303 e. The molecule has 0 aromatic carbocycles. The van der Waals surface area contributed by atoms with E-state index >= 15 is 0 Å². The van der Waals surface area contributed by atoms with Crippen molar-refractivity contribution in [1.82, 2.24) is 0 Å². The fraction of sp³-hybridized carbons (Fsp3) is 0.591. The second-order valence-electron chi connectivity index (χ2n) is 7.43. The molecule has 1 saturated carbocycles. The number of hydrogen-bond donors (Lipinski definition) is 3. The molecule has 156 valence electrons. The fourth-order valence-corrected chi connectivity index (χ4v) is 4.44. The second kappa shape index (κ2) is 12.2. The van der Waals surface area contributed by atoms with Gasteiger partial charge in [0.25, 0.3) is 0 Å². The van der Waals surface area contributed by atoms with Crippen LogP contribution in [-0.2, 0) is 16.0 Å². The highest BCUT2D eigenvalue weighted by Gasteiger charge is 2.39. The number of carboxylic acid groups (broad SMARTS) is 1. The van der Waals surface area contributed by atoms with E-state index in [4.69, 9.17) is 9.84 Å². The van der Waals surface area contributed by atoms with Gasteiger partial charge in [-0.1, -0.05) is 24.3 Å². The molecule has 0 aliphatic heterocycles. The zero-order valence-electron chi connectivity index (χ0n) is 16.4. The summed E-state index contributed by atoms with van der Waals surface area (Å²) in [6.07, 6.45) is 11.3. The highest BCUT2D eigenvalue weighted by atomic mass is 32.1. The Bertz CT molecular complexity index is 625. The van der Waals surface area contributed by atoms with Crippen molar-refractivity contribution in [1.29, 1.82) is 0 Å². The van der Waals surface area contributed by atoms with E-state index in [1.807, 2.05) is 24.3 Å². The number of aliphatic carboxylic acids is 1. The van der Waals surface area contributed by atoms with E-state index in [0.29, 0.717) is 25.7 Å². The number of carboxylic acids is 1. The maximum atomic E-state index is 10.5. The van der Waals surface area contributed by atoms with Gasteiger partial charge in [0.05, 0.1) is 18.3 Å². The quantitative estimate of drug-likeness (QED) is 0.362. The summed E-state index contributed by atoms with van der Waals surface area (Å²) in [7, 11) is 1.69. The van der Waals surface area contributed by atoms with Crippen molar-refractivity contribution in [3.05, 3.63) is 46.7 Å². The molecule has 28 heavy (non-hydrogen) atoms. The van der Waals surface area contributed by atoms with Gasteiger partial charge < -0.3 is 20.1 Å². The summed E-state index contributed by atoms with van der Waals surface area (Å²) in [4.78, 5) is 10.5. The number of methoxy groups -OCH3 is 1. The molecule has 0 saturated heterocycles. The Morgan fingerprint density at radius 2 is 2.18 bits per heavy atom. The van der Waals surface area contributed by atoms with E-state index < -0.39 is 18.2 Å². The molecule has 0 radical (unpaired) electrons. The van der Waals surface area contributed by atoms with E-state index in [1.165, 1.54) is 5.56 Å². The van der Waals surface area contributed by atoms with Gasteiger partial charge in [0.1, 0.15) is 0 Å². The monoisotopic (exact) mass is 408 g/mol. The fourth-order valence-electron chi connectivity index (χ4n) is 3.74. The third-order valence-electron chi connectivity index (χ3n) is 5.40. The molecule has 1 aromatic rings. The van der Waals surface area contributed by atoms with Gasteiger partial charge in [0.15, 0.2) is 0 Å². The van der Waals surface area contributed by atoms with Crippen LogP contribution in [0.5, 0.6) is 0 Å². The summed E-state index contributed by atoms with van der Waals surface area (Å²) < 4.78 is 5.56. The van der Waals surface area contributed by atoms with Gasteiger partial charge in [0, 0.05) is 25.9 Å².